The molecular formula is C16H19NO3. The zero-order chi connectivity index (χ0) is 14.1. The topological polar surface area (TPSA) is 66.4 Å². The molecule has 0 radical (unpaired) electrons. The van der Waals surface area contributed by atoms with Gasteiger partial charge in [0, 0.05) is 6.54 Å². The molecule has 0 spiro atoms. The maximum absolute atomic E-state index is 12.3. The van der Waals surface area contributed by atoms with E-state index in [1.165, 1.54) is 0 Å². The zero-order valence-electron chi connectivity index (χ0n) is 11.3. The number of hydrogen-bond donors (Lipinski definition) is 2. The van der Waals surface area contributed by atoms with Crippen LogP contribution < -0.4 is 5.32 Å². The first-order valence-electron chi connectivity index (χ1n) is 7.21. The standard InChI is InChI=1S/C16H19NO3/c18-15(17-9-10-4-2-1-3-5-10)13-11-6-7-12(8-11)14(13)16(19)20/h1-5,11-14H,6-9H2,(H,17,18)(H,19,20)/t11-,12+,13+,14+/m1/s1. The van der Waals surface area contributed by atoms with E-state index in [4.69, 9.17) is 0 Å². The fourth-order valence-corrected chi connectivity index (χ4v) is 3.93. The largest absolute Gasteiger partial charge is 0.481 e. The lowest BCUT2D eigenvalue weighted by Gasteiger charge is -2.27. The van der Waals surface area contributed by atoms with Crippen molar-refractivity contribution >= 4 is 11.9 Å². The fourth-order valence-electron chi connectivity index (χ4n) is 3.93. The number of aliphatic carboxylic acids is 1. The van der Waals surface area contributed by atoms with Gasteiger partial charge < -0.3 is 10.4 Å². The van der Waals surface area contributed by atoms with Gasteiger partial charge in [-0.05, 0) is 36.7 Å². The Bertz CT molecular complexity index is 514. The van der Waals surface area contributed by atoms with Crippen LogP contribution in [0.2, 0.25) is 0 Å². The number of nitrogens with one attached hydrogen (secondary N) is 1. The molecule has 0 aliphatic heterocycles. The lowest BCUT2D eigenvalue weighted by molar-refractivity contribution is -0.149. The van der Waals surface area contributed by atoms with E-state index in [2.05, 4.69) is 5.32 Å². The normalized spacial score (nSPS) is 31.2. The molecule has 2 saturated carbocycles. The molecule has 20 heavy (non-hydrogen) atoms. The Morgan fingerprint density at radius 2 is 1.75 bits per heavy atom. The van der Waals surface area contributed by atoms with Crippen molar-refractivity contribution in [3.05, 3.63) is 35.9 Å². The Morgan fingerprint density at radius 3 is 2.40 bits per heavy atom. The van der Waals surface area contributed by atoms with Gasteiger partial charge in [0.15, 0.2) is 0 Å². The summed E-state index contributed by atoms with van der Waals surface area (Å²) in [6.07, 6.45) is 2.86. The van der Waals surface area contributed by atoms with Crippen LogP contribution in [0.15, 0.2) is 30.3 Å². The van der Waals surface area contributed by atoms with Crippen molar-refractivity contribution in [1.82, 2.24) is 5.32 Å². The number of carbonyl (C=O) groups excluding carboxylic acids is 1. The molecule has 106 valence electrons. The molecule has 4 atom stereocenters. The van der Waals surface area contributed by atoms with Gasteiger partial charge in [-0.1, -0.05) is 30.3 Å². The molecular weight excluding hydrogens is 254 g/mol. The van der Waals surface area contributed by atoms with E-state index in [0.29, 0.717) is 6.54 Å². The van der Waals surface area contributed by atoms with Gasteiger partial charge in [0.1, 0.15) is 0 Å². The highest BCUT2D eigenvalue weighted by molar-refractivity contribution is 5.86. The zero-order valence-corrected chi connectivity index (χ0v) is 11.3. The van der Waals surface area contributed by atoms with Crippen LogP contribution in [0.5, 0.6) is 0 Å². The third-order valence-electron chi connectivity index (χ3n) is 4.81. The molecule has 0 aromatic heterocycles. The molecule has 0 unspecified atom stereocenters. The van der Waals surface area contributed by atoms with E-state index in [-0.39, 0.29) is 23.7 Å². The van der Waals surface area contributed by atoms with E-state index in [1.807, 2.05) is 30.3 Å². The summed E-state index contributed by atoms with van der Waals surface area (Å²) in [6, 6.07) is 9.70. The molecule has 3 rings (SSSR count). The minimum Gasteiger partial charge on any atom is -0.481 e. The van der Waals surface area contributed by atoms with E-state index < -0.39 is 11.9 Å². The average Bonchev–Trinajstić information content (AvgIpc) is 3.06. The van der Waals surface area contributed by atoms with Gasteiger partial charge in [0.05, 0.1) is 11.8 Å². The molecule has 2 aliphatic carbocycles. The molecule has 4 nitrogen and oxygen atoms in total. The van der Waals surface area contributed by atoms with Crippen molar-refractivity contribution in [2.24, 2.45) is 23.7 Å². The SMILES string of the molecule is O=C(O)[C@H]1[C@H]2CC[C@H](C2)[C@@H]1C(=O)NCc1ccccc1. The third-order valence-corrected chi connectivity index (χ3v) is 4.81. The summed E-state index contributed by atoms with van der Waals surface area (Å²) >= 11 is 0. The molecule has 2 aliphatic rings. The van der Waals surface area contributed by atoms with Crippen LogP contribution in [0.1, 0.15) is 24.8 Å². The lowest BCUT2D eigenvalue weighted by Crippen LogP contribution is -2.41. The Balaban J connectivity index is 1.66. The molecule has 2 N–H and O–H groups in total. The van der Waals surface area contributed by atoms with Crippen molar-refractivity contribution in [2.75, 3.05) is 0 Å². The number of rotatable bonds is 4. The minimum atomic E-state index is -0.808. The molecule has 0 heterocycles. The van der Waals surface area contributed by atoms with Crippen LogP contribution in [-0.2, 0) is 16.1 Å². The predicted octanol–water partition coefficient (Wildman–Crippen LogP) is 2.05. The van der Waals surface area contributed by atoms with Crippen LogP contribution >= 0.6 is 0 Å². The quantitative estimate of drug-likeness (QED) is 0.882. The average molecular weight is 273 g/mol. The summed E-state index contributed by atoms with van der Waals surface area (Å²) in [5, 5.41) is 12.3. The van der Waals surface area contributed by atoms with Crippen LogP contribution in [0.3, 0.4) is 0 Å². The molecule has 2 bridgehead atoms. The van der Waals surface area contributed by atoms with Crippen molar-refractivity contribution in [3.8, 4) is 0 Å². The molecule has 1 aromatic rings. The fraction of sp³-hybridized carbons (Fsp3) is 0.500. The first kappa shape index (κ1) is 13.2. The van der Waals surface area contributed by atoms with E-state index >= 15 is 0 Å². The number of carboxylic acids is 1. The number of benzene rings is 1. The Labute approximate surface area is 118 Å². The van der Waals surface area contributed by atoms with Crippen LogP contribution in [-0.4, -0.2) is 17.0 Å². The second-order valence-electron chi connectivity index (χ2n) is 5.93. The number of carboxylic acid groups (broad SMARTS) is 1. The van der Waals surface area contributed by atoms with Gasteiger partial charge in [0.25, 0.3) is 0 Å². The summed E-state index contributed by atoms with van der Waals surface area (Å²) < 4.78 is 0. The second-order valence-corrected chi connectivity index (χ2v) is 5.93. The first-order chi connectivity index (χ1) is 9.66. The highest BCUT2D eigenvalue weighted by Gasteiger charge is 2.53. The van der Waals surface area contributed by atoms with Gasteiger partial charge in [-0.3, -0.25) is 9.59 Å². The van der Waals surface area contributed by atoms with Crippen molar-refractivity contribution < 1.29 is 14.7 Å². The van der Waals surface area contributed by atoms with Crippen LogP contribution in [0.4, 0.5) is 0 Å². The number of carbonyl (C=O) groups is 2. The monoisotopic (exact) mass is 273 g/mol. The Morgan fingerprint density at radius 1 is 1.10 bits per heavy atom. The van der Waals surface area contributed by atoms with E-state index in [1.54, 1.807) is 0 Å². The number of fused-ring (bicyclic) bond motifs is 2. The maximum Gasteiger partial charge on any atom is 0.307 e. The smallest absolute Gasteiger partial charge is 0.307 e. The summed E-state index contributed by atoms with van der Waals surface area (Å²) in [6.45, 7) is 0.472. The summed E-state index contributed by atoms with van der Waals surface area (Å²) in [5.74, 6) is -1.26. The van der Waals surface area contributed by atoms with Crippen LogP contribution in [0.25, 0.3) is 0 Å². The lowest BCUT2D eigenvalue weighted by atomic mass is 9.78. The summed E-state index contributed by atoms with van der Waals surface area (Å²) in [7, 11) is 0. The Hall–Kier alpha value is -1.84. The second kappa shape index (κ2) is 5.27. The molecule has 2 fully saturated rings. The predicted molar refractivity (Wildman–Crippen MR) is 73.7 cm³/mol. The maximum atomic E-state index is 12.3. The summed E-state index contributed by atoms with van der Waals surface area (Å²) in [4.78, 5) is 23.7. The highest BCUT2D eigenvalue weighted by Crippen LogP contribution is 2.52. The van der Waals surface area contributed by atoms with Gasteiger partial charge in [-0.2, -0.15) is 0 Å². The van der Waals surface area contributed by atoms with Gasteiger partial charge >= 0.3 is 5.97 Å². The van der Waals surface area contributed by atoms with Crippen LogP contribution in [0, 0.1) is 23.7 Å². The minimum absolute atomic E-state index is 0.0894. The van der Waals surface area contributed by atoms with Gasteiger partial charge in [-0.15, -0.1) is 0 Å². The van der Waals surface area contributed by atoms with Crippen molar-refractivity contribution in [3.63, 3.8) is 0 Å². The molecule has 4 heteroatoms. The highest BCUT2D eigenvalue weighted by atomic mass is 16.4. The Kier molecular flexibility index (Phi) is 3.47. The van der Waals surface area contributed by atoms with E-state index in [0.717, 1.165) is 24.8 Å². The molecule has 1 amide bonds. The van der Waals surface area contributed by atoms with Gasteiger partial charge in [0.2, 0.25) is 5.91 Å². The van der Waals surface area contributed by atoms with Crippen molar-refractivity contribution in [2.45, 2.75) is 25.8 Å². The first-order valence-corrected chi connectivity index (χ1v) is 7.21. The molecule has 0 saturated heterocycles. The third kappa shape index (κ3) is 2.30. The van der Waals surface area contributed by atoms with E-state index in [9.17, 15) is 14.7 Å². The van der Waals surface area contributed by atoms with Gasteiger partial charge in [-0.25, -0.2) is 0 Å². The van der Waals surface area contributed by atoms with Crippen molar-refractivity contribution in [1.29, 1.82) is 0 Å². The summed E-state index contributed by atoms with van der Waals surface area (Å²) in [5.41, 5.74) is 1.04. The number of hydrogen-bond acceptors (Lipinski definition) is 2. The number of amides is 1. The molecule has 1 aromatic carbocycles.